The molecule has 59 heavy (non-hydrogen) atoms. The molecule has 0 aromatic heterocycles. The number of benzene rings is 1. The van der Waals surface area contributed by atoms with Crippen molar-refractivity contribution in [3.8, 4) is 0 Å². The zero-order valence-electron chi connectivity index (χ0n) is 37.2. The molecule has 0 spiro atoms. The third-order valence-corrected chi connectivity index (χ3v) is 9.85. The molecular formula is C44H75N7O8. The van der Waals surface area contributed by atoms with Gasteiger partial charge in [-0.2, -0.15) is 0 Å². The summed E-state index contributed by atoms with van der Waals surface area (Å²) in [4.78, 5) is 89.6. The third-order valence-electron chi connectivity index (χ3n) is 9.85. The maximum absolute atomic E-state index is 13.6. The Labute approximate surface area is 352 Å². The molecule has 334 valence electrons. The monoisotopic (exact) mass is 830 g/mol. The fraction of sp³-hybridized carbons (Fsp3) is 0.705. The lowest BCUT2D eigenvalue weighted by atomic mass is 9.97. The molecule has 0 unspecified atom stereocenters. The van der Waals surface area contributed by atoms with Crippen LogP contribution in [0.25, 0.3) is 0 Å². The van der Waals surface area contributed by atoms with Gasteiger partial charge in [0.15, 0.2) is 0 Å². The van der Waals surface area contributed by atoms with Crippen LogP contribution in [0, 0.1) is 23.7 Å². The Balaban J connectivity index is 2.92. The van der Waals surface area contributed by atoms with Gasteiger partial charge >= 0.3 is 5.97 Å². The summed E-state index contributed by atoms with van der Waals surface area (Å²) in [7, 11) is 0. The molecule has 9 N–H and O–H groups in total. The van der Waals surface area contributed by atoms with Crippen LogP contribution in [0.5, 0.6) is 0 Å². The van der Waals surface area contributed by atoms with Gasteiger partial charge in [-0.05, 0) is 62.3 Å². The SMILES string of the molecule is CC(C)C[C@@H](CC(=O)O)NC(=O)C[C@@H](C)NC(=O)C[C@@H](NC(=O)C[C@@H](Cc1ccccc1)NC(=O)C[C@H](CC(C)C)NC(=O)C[C@@H](C)NC(=O)C[C@@H](N)C(C)C)C(C)C. The highest BCUT2D eigenvalue weighted by Gasteiger charge is 2.27. The summed E-state index contributed by atoms with van der Waals surface area (Å²) in [5, 5.41) is 26.6. The van der Waals surface area contributed by atoms with Crippen molar-refractivity contribution < 1.29 is 38.7 Å². The zero-order chi connectivity index (χ0) is 44.8. The molecule has 0 heterocycles. The van der Waals surface area contributed by atoms with Gasteiger partial charge in [-0.15, -0.1) is 0 Å². The fourth-order valence-electron chi connectivity index (χ4n) is 6.81. The Morgan fingerprint density at radius 2 is 0.898 bits per heavy atom. The number of hydrogen-bond donors (Lipinski definition) is 8. The van der Waals surface area contributed by atoms with Crippen molar-refractivity contribution in [3.63, 3.8) is 0 Å². The number of aliphatic carboxylic acids is 1. The Morgan fingerprint density at radius 1 is 0.492 bits per heavy atom. The minimum Gasteiger partial charge on any atom is -0.481 e. The van der Waals surface area contributed by atoms with Crippen LogP contribution in [-0.2, 0) is 40.0 Å². The van der Waals surface area contributed by atoms with E-state index in [1.54, 1.807) is 13.8 Å². The lowest BCUT2D eigenvalue weighted by molar-refractivity contribution is -0.138. The smallest absolute Gasteiger partial charge is 0.305 e. The number of carbonyl (C=O) groups excluding carboxylic acids is 6. The lowest BCUT2D eigenvalue weighted by Crippen LogP contribution is -2.48. The van der Waals surface area contributed by atoms with Gasteiger partial charge in [-0.25, -0.2) is 0 Å². The first-order valence-corrected chi connectivity index (χ1v) is 21.3. The molecule has 0 fully saturated rings. The van der Waals surface area contributed by atoms with Crippen LogP contribution in [0.3, 0.4) is 0 Å². The van der Waals surface area contributed by atoms with Gasteiger partial charge in [0.05, 0.1) is 6.42 Å². The number of amides is 6. The predicted molar refractivity (Wildman–Crippen MR) is 230 cm³/mol. The first-order chi connectivity index (χ1) is 27.5. The number of nitrogens with two attached hydrogens (primary N) is 1. The fourth-order valence-corrected chi connectivity index (χ4v) is 6.81. The summed E-state index contributed by atoms with van der Waals surface area (Å²) < 4.78 is 0. The van der Waals surface area contributed by atoms with Crippen LogP contribution in [0.4, 0.5) is 0 Å². The van der Waals surface area contributed by atoms with Crippen molar-refractivity contribution >= 4 is 41.4 Å². The molecule has 1 rings (SSSR count). The van der Waals surface area contributed by atoms with Crippen molar-refractivity contribution in [2.24, 2.45) is 29.4 Å². The highest BCUT2D eigenvalue weighted by molar-refractivity contribution is 5.84. The number of hydrogen-bond acceptors (Lipinski definition) is 8. The number of nitrogens with one attached hydrogen (secondary N) is 6. The molecule has 1 aromatic rings. The average molecular weight is 830 g/mol. The van der Waals surface area contributed by atoms with Gasteiger partial charge in [0, 0.05) is 80.8 Å². The van der Waals surface area contributed by atoms with Crippen LogP contribution in [0.2, 0.25) is 0 Å². The topological polar surface area (TPSA) is 238 Å². The standard InChI is InChI=1S/C44H75N7O8/c1-26(2)16-33(48-38(52)18-30(9)46-42(56)24-36(45)28(5)6)21-40(54)50-35(20-32-14-12-11-13-15-32)22-41(55)51-37(29(7)8)25-43(57)47-31(10)19-39(53)49-34(17-27(3)4)23-44(58)59/h11-15,26-31,33-37H,16-25,45H2,1-10H3,(H,46,56)(H,47,57)(H,48,52)(H,49,53)(H,50,54)(H,51,55)(H,58,59)/t30-,31-,33+,34+,35-,36-,37-/m1/s1. The summed E-state index contributed by atoms with van der Waals surface area (Å²) in [6, 6.07) is 6.10. The van der Waals surface area contributed by atoms with E-state index in [4.69, 9.17) is 5.73 Å². The van der Waals surface area contributed by atoms with Crippen molar-refractivity contribution in [3.05, 3.63) is 35.9 Å². The second-order valence-electron chi connectivity index (χ2n) is 17.8. The highest BCUT2D eigenvalue weighted by atomic mass is 16.4. The van der Waals surface area contributed by atoms with E-state index in [0.717, 1.165) is 5.56 Å². The Kier molecular flexibility index (Phi) is 24.3. The molecule has 6 amide bonds. The molecule has 0 aliphatic heterocycles. The molecular weight excluding hydrogens is 755 g/mol. The Hall–Kier alpha value is -4.53. The molecule has 0 aliphatic carbocycles. The van der Waals surface area contributed by atoms with E-state index in [2.05, 4.69) is 31.9 Å². The lowest BCUT2D eigenvalue weighted by Gasteiger charge is -2.26. The minimum atomic E-state index is -1.00. The second-order valence-corrected chi connectivity index (χ2v) is 17.8. The number of rotatable bonds is 28. The molecule has 7 atom stereocenters. The van der Waals surface area contributed by atoms with Crippen LogP contribution in [0.15, 0.2) is 30.3 Å². The highest BCUT2D eigenvalue weighted by Crippen LogP contribution is 2.14. The van der Waals surface area contributed by atoms with Crippen molar-refractivity contribution in [2.45, 2.75) is 176 Å². The largest absolute Gasteiger partial charge is 0.481 e. The molecule has 1 aromatic carbocycles. The molecule has 0 radical (unpaired) electrons. The van der Waals surface area contributed by atoms with Crippen molar-refractivity contribution in [2.75, 3.05) is 0 Å². The maximum Gasteiger partial charge on any atom is 0.305 e. The third kappa shape index (κ3) is 24.9. The first-order valence-electron chi connectivity index (χ1n) is 21.3. The minimum absolute atomic E-state index is 0.0102. The van der Waals surface area contributed by atoms with Crippen molar-refractivity contribution in [1.82, 2.24) is 31.9 Å². The predicted octanol–water partition coefficient (Wildman–Crippen LogP) is 3.72. The molecule has 0 saturated carbocycles. The van der Waals surface area contributed by atoms with Gasteiger partial charge in [0.2, 0.25) is 35.4 Å². The quantitative estimate of drug-likeness (QED) is 0.0614. The summed E-state index contributed by atoms with van der Waals surface area (Å²) in [6.45, 7) is 19.0. The van der Waals surface area contributed by atoms with Crippen LogP contribution in [-0.4, -0.2) is 88.8 Å². The van der Waals surface area contributed by atoms with E-state index < -0.39 is 42.2 Å². The summed E-state index contributed by atoms with van der Waals surface area (Å²) in [6.07, 6.45) is 1.29. The summed E-state index contributed by atoms with van der Waals surface area (Å²) in [5.41, 5.74) is 6.94. The van der Waals surface area contributed by atoms with Gasteiger partial charge < -0.3 is 42.7 Å². The molecule has 0 saturated heterocycles. The van der Waals surface area contributed by atoms with Gasteiger partial charge in [-0.3, -0.25) is 33.6 Å². The molecule has 15 nitrogen and oxygen atoms in total. The molecule has 0 aliphatic rings. The molecule has 15 heteroatoms. The van der Waals surface area contributed by atoms with E-state index in [1.165, 1.54) is 0 Å². The van der Waals surface area contributed by atoms with Gasteiger partial charge in [-0.1, -0.05) is 85.7 Å². The van der Waals surface area contributed by atoms with Crippen LogP contribution in [0.1, 0.15) is 133 Å². The summed E-state index contributed by atoms with van der Waals surface area (Å²) in [5.74, 6) is -2.52. The van der Waals surface area contributed by atoms with Crippen LogP contribution < -0.4 is 37.6 Å². The van der Waals surface area contributed by atoms with Gasteiger partial charge in [0.25, 0.3) is 0 Å². The average Bonchev–Trinajstić information content (AvgIpc) is 3.06. The normalized spacial score (nSPS) is 15.0. The molecule has 0 bridgehead atoms. The van der Waals surface area contributed by atoms with Gasteiger partial charge in [0.1, 0.15) is 0 Å². The maximum atomic E-state index is 13.6. The van der Waals surface area contributed by atoms with E-state index >= 15 is 0 Å². The van der Waals surface area contributed by atoms with Crippen molar-refractivity contribution in [1.29, 1.82) is 0 Å². The zero-order valence-corrected chi connectivity index (χ0v) is 37.2. The van der Waals surface area contributed by atoms with Crippen LogP contribution >= 0.6 is 0 Å². The van der Waals surface area contributed by atoms with E-state index in [-0.39, 0.29) is 110 Å². The number of carbonyl (C=O) groups is 7. The second kappa shape index (κ2) is 27.3. The van der Waals surface area contributed by atoms with E-state index in [9.17, 15) is 38.7 Å². The first kappa shape index (κ1) is 52.5. The Bertz CT molecular complexity index is 1490. The Morgan fingerprint density at radius 3 is 1.36 bits per heavy atom. The number of carboxylic acids is 1. The van der Waals surface area contributed by atoms with E-state index in [0.29, 0.717) is 19.3 Å². The number of carboxylic acid groups (broad SMARTS) is 1. The van der Waals surface area contributed by atoms with E-state index in [1.807, 2.05) is 85.7 Å². The summed E-state index contributed by atoms with van der Waals surface area (Å²) >= 11 is 0.